The van der Waals surface area contributed by atoms with Crippen LogP contribution in [0, 0.1) is 172 Å². The largest absolute Gasteiger partial charge is 0.243 e. The number of thiophene rings is 8. The highest BCUT2D eigenvalue weighted by Crippen LogP contribution is 2.57. The summed E-state index contributed by atoms with van der Waals surface area (Å²) in [5.41, 5.74) is 45.8. The van der Waals surface area contributed by atoms with E-state index in [9.17, 15) is 0 Å². The molecule has 23 nitrogen and oxygen atoms in total. The Bertz CT molecular complexity index is 7770. The van der Waals surface area contributed by atoms with Gasteiger partial charge in [-0.1, -0.05) is 65.8 Å². The lowest BCUT2D eigenvalue weighted by Gasteiger charge is -2.23. The fraction of sp³-hybridized carbons (Fsp3) is 0.377. The monoisotopic (exact) mass is 2210 g/mol. The van der Waals surface area contributed by atoms with Crippen molar-refractivity contribution < 1.29 is 4.63 Å². The lowest BCUT2D eigenvalue weighted by Crippen LogP contribution is -2.27. The van der Waals surface area contributed by atoms with Crippen LogP contribution in [-0.2, 0) is 70.4 Å². The van der Waals surface area contributed by atoms with E-state index < -0.39 is 0 Å². The number of benzene rings is 5. The molecule has 0 bridgehead atoms. The van der Waals surface area contributed by atoms with Crippen molar-refractivity contribution in [1.29, 1.82) is 0 Å². The highest BCUT2D eigenvalue weighted by molar-refractivity contribution is 7.59. The zero-order valence-corrected chi connectivity index (χ0v) is 93.8. The third-order valence-electron chi connectivity index (χ3n) is 25.7. The van der Waals surface area contributed by atoms with E-state index in [1.54, 1.807) is 43.6 Å². The van der Waals surface area contributed by atoms with Crippen molar-refractivity contribution >= 4 is 260 Å². The Labute approximate surface area is 907 Å². The maximum absolute atomic E-state index is 5.12. The van der Waals surface area contributed by atoms with Crippen molar-refractivity contribution in [3.05, 3.63) is 211 Å². The first-order valence-electron chi connectivity index (χ1n) is 44.3. The molecule has 0 amide bonds. The summed E-state index contributed by atoms with van der Waals surface area (Å²) in [6.45, 7) is 60.6. The van der Waals surface area contributed by atoms with Crippen molar-refractivity contribution in [1.82, 2.24) is 57.8 Å². The van der Waals surface area contributed by atoms with Crippen LogP contribution in [0.15, 0.2) is 131 Å². The predicted molar refractivity (Wildman–Crippen MR) is 639 cm³/mol. The normalized spacial score (nSPS) is 13.5. The van der Waals surface area contributed by atoms with Gasteiger partial charge in [0, 0.05) is 109 Å². The number of hydrogen-bond acceptors (Lipinski definition) is 31. The van der Waals surface area contributed by atoms with Crippen LogP contribution in [0.4, 0.5) is 34.1 Å². The third kappa shape index (κ3) is 22.4. The second kappa shape index (κ2) is 48.0. The molecular formula is C106H130N22OS15. The van der Waals surface area contributed by atoms with Gasteiger partial charge in [-0.2, -0.15) is 82.4 Å². The molecule has 0 spiro atoms. The summed E-state index contributed by atoms with van der Waals surface area (Å²) in [6, 6.07) is 22.3. The van der Waals surface area contributed by atoms with Gasteiger partial charge >= 0.3 is 0 Å². The Morgan fingerprint density at radius 1 is 0.285 bits per heavy atom. The van der Waals surface area contributed by atoms with Gasteiger partial charge in [-0.3, -0.25) is 0 Å². The lowest BCUT2D eigenvalue weighted by atomic mass is 9.87. The first kappa shape index (κ1) is 116. The fourth-order valence-electron chi connectivity index (χ4n) is 16.8. The molecule has 0 saturated carbocycles. The average Bonchev–Trinajstić information content (AvgIpc) is 1.59. The van der Waals surface area contributed by atoms with Crippen LogP contribution in [0.1, 0.15) is 208 Å². The van der Waals surface area contributed by atoms with E-state index in [-0.39, 0.29) is 64.1 Å². The van der Waals surface area contributed by atoms with E-state index in [0.717, 1.165) is 129 Å². The highest BCUT2D eigenvalue weighted by atomic mass is 32.2. The third-order valence-corrected chi connectivity index (χ3v) is 38.4. The van der Waals surface area contributed by atoms with Gasteiger partial charge in [-0.25, -0.2) is 13.4 Å². The molecule has 5 aromatic carbocycles. The van der Waals surface area contributed by atoms with Crippen LogP contribution in [-0.4, -0.2) is 69.9 Å². The second-order valence-electron chi connectivity index (χ2n) is 35.1. The van der Waals surface area contributed by atoms with Crippen LogP contribution in [0.2, 0.25) is 0 Å². The summed E-state index contributed by atoms with van der Waals surface area (Å²) in [6.07, 6.45) is 0. The molecule has 0 saturated heterocycles. The predicted octanol–water partition coefficient (Wildman–Crippen LogP) is 37.8. The van der Waals surface area contributed by atoms with Gasteiger partial charge in [0.2, 0.25) is 0 Å². The molecule has 24 rings (SSSR count). The first-order valence-corrected chi connectivity index (χ1v) is 56.0. The van der Waals surface area contributed by atoms with Gasteiger partial charge in [-0.15, -0.1) is 90.7 Å². The zero-order chi connectivity index (χ0) is 97.5. The molecule has 6 aliphatic rings. The van der Waals surface area contributed by atoms with Crippen LogP contribution in [0.5, 0.6) is 0 Å². The average molecular weight is 2210 g/mol. The van der Waals surface area contributed by atoms with Crippen molar-refractivity contribution in [2.45, 2.75) is 264 Å². The number of fused-ring (bicyclic) bond motifs is 10. The molecule has 18 aromatic rings. The summed E-state index contributed by atoms with van der Waals surface area (Å²) in [5, 5.41) is 26.4. The standard InChI is InChI=1S/C18H16N2OS2.C18H16N2S3.C16H14N2S4.C12H15N5S.C11H15N3.C10H12N2S.C8H8N4S2.C6H6N2S2.7CH4/c1-9-5-7-13(22-9)15-11(3)12(4)16(14-8-6-10(2)23-14)18-17(15)19-21-20-18;1-9-5-7-13(21-9)15-11(3)12(4)16(14-8-6-10(2)22-14)18-17(15)19-23-20-18;1-7-5-11(19-9(7)3)15-13-14(18-22-17-13)16(21-15)12-6-8(2)10(4)20-12;1-6(2)5-17-13-9-7(3)11-12(16-18-15-11)8(4)10(9)14-17;1-6-7(2)9(4)11-10(8(6)3)12-14(5)13-11;1-5-6(2)8(4)10-9(7(5)3)11-13-12-10;1-3-5-7(11-13-9-5)4(2)8-6(3)10-14-12-8;1-3-5-6(4(2)9-3)8-10-7-5;;;;;;;/h2*5-8H,1-4H3;5-6H,1-4H3;6H,5H2,1-4H3;1-5H3;1-4H3;5,7H,1-2H3;1-2H3;7*1H4. The second-order valence-corrected chi connectivity index (χ2v) is 48.9. The number of aromatic nitrogens is 12. The van der Waals surface area contributed by atoms with E-state index in [1.807, 2.05) is 77.6 Å². The Morgan fingerprint density at radius 3 is 0.910 bits per heavy atom. The van der Waals surface area contributed by atoms with E-state index in [0.29, 0.717) is 5.92 Å². The molecule has 5 aliphatic heterocycles. The van der Waals surface area contributed by atoms with E-state index in [4.69, 9.17) is 4.63 Å². The summed E-state index contributed by atoms with van der Waals surface area (Å²) in [5.74, 6) is 0.532. The Hall–Kier alpha value is -9.88. The minimum Gasteiger partial charge on any atom is -0.243 e. The molecule has 0 fully saturated rings. The number of nitrogens with zero attached hydrogens (tertiary/aromatic N) is 22. The Morgan fingerprint density at radius 2 is 0.590 bits per heavy atom. The zero-order valence-electron chi connectivity index (χ0n) is 81.6. The highest BCUT2D eigenvalue weighted by Gasteiger charge is 2.37. The van der Waals surface area contributed by atoms with Gasteiger partial charge in [0.15, 0.2) is 0 Å². The van der Waals surface area contributed by atoms with E-state index >= 15 is 0 Å². The molecule has 760 valence electrons. The Balaban J connectivity index is 0.000000170. The number of rotatable bonds is 8. The summed E-state index contributed by atoms with van der Waals surface area (Å²) in [4.78, 5) is 24.2. The maximum Gasteiger partial charge on any atom is 0.144 e. The van der Waals surface area contributed by atoms with Gasteiger partial charge in [0.05, 0.1) is 96.5 Å². The molecule has 13 aromatic heterocycles. The van der Waals surface area contributed by atoms with Gasteiger partial charge in [0.1, 0.15) is 113 Å². The quantitative estimate of drug-likeness (QED) is 0.138. The molecular weight excluding hydrogens is 2080 g/mol. The number of hydrogen-bond donors (Lipinski definition) is 0. The summed E-state index contributed by atoms with van der Waals surface area (Å²) in [7, 11) is 1.86. The molecule has 2 atom stereocenters. The minimum atomic E-state index is 0. The van der Waals surface area contributed by atoms with Crippen LogP contribution in [0.3, 0.4) is 0 Å². The lowest BCUT2D eigenvalue weighted by molar-refractivity contribution is 0.315. The van der Waals surface area contributed by atoms with Crippen molar-refractivity contribution in [2.75, 3.05) is 0 Å². The molecule has 2 unspecified atom stereocenters. The molecule has 38 heteroatoms. The van der Waals surface area contributed by atoms with Crippen LogP contribution >= 0.6 is 114 Å². The molecule has 18 heterocycles. The van der Waals surface area contributed by atoms with Gasteiger partial charge in [-0.05, 0) is 346 Å². The first-order chi connectivity index (χ1) is 65.5. The van der Waals surface area contributed by atoms with Crippen molar-refractivity contribution in [3.63, 3.8) is 0 Å². The van der Waals surface area contributed by atoms with Crippen molar-refractivity contribution in [2.24, 2.45) is 56.6 Å². The molecule has 0 N–H and O–H groups in total. The van der Waals surface area contributed by atoms with Gasteiger partial charge < -0.3 is 0 Å². The molecule has 144 heavy (non-hydrogen) atoms. The van der Waals surface area contributed by atoms with Crippen molar-refractivity contribution in [3.8, 4) is 61.3 Å². The topological polar surface area (TPSA) is 276 Å². The van der Waals surface area contributed by atoms with E-state index in [2.05, 4.69) is 333 Å². The summed E-state index contributed by atoms with van der Waals surface area (Å²) < 4.78 is 66.6. The number of aryl methyl sites for hydroxylation is 17. The molecule has 1 aliphatic carbocycles. The van der Waals surface area contributed by atoms with E-state index in [1.165, 1.54) is 258 Å². The SMILES string of the molecule is C.C.C.C.C.C.C.CC1=C2N=S=NC2=C(C)C2N=S=NC12.Cc1c(C)c(C)c2nn(C)nc2c1C.Cc1c(C)c(C)c2nsnc2c1C.Cc1c2c(c(C)c3nn(CC(C)C)nc13)N=S=N2.Cc1cc(-c2sc(-c3cc(C)c(C)s3)c3c2N=S=N3)sc1C.Cc1ccc(-c2c(C)c(C)c(-c3ccc(C)s3)c3nonc23)s1.Cc1ccc(-c2c(C)c(C)c(-c3ccc(C)s3)c3nsnc23)s1.Cc1sc(C)c2c1N=S=N2. The summed E-state index contributed by atoms with van der Waals surface area (Å²) >= 11 is 23.6. The van der Waals surface area contributed by atoms with Crippen LogP contribution in [0.25, 0.3) is 116 Å². The fourth-order valence-corrected chi connectivity index (χ4v) is 29.8. The Kier molecular flexibility index (Phi) is 38.6. The van der Waals surface area contributed by atoms with Crippen LogP contribution < -0.4 is 0 Å². The smallest absolute Gasteiger partial charge is 0.144 e. The maximum atomic E-state index is 5.12. The van der Waals surface area contributed by atoms with Gasteiger partial charge in [0.25, 0.3) is 0 Å². The minimum absolute atomic E-state index is 0. The molecule has 0 radical (unpaired) electrons.